The zero-order valence-electron chi connectivity index (χ0n) is 9.83. The van der Waals surface area contributed by atoms with Crippen LogP contribution in [0.25, 0.3) is 0 Å². The van der Waals surface area contributed by atoms with Crippen LogP contribution in [0.15, 0.2) is 18.2 Å². The van der Waals surface area contributed by atoms with E-state index < -0.39 is 17.2 Å². The summed E-state index contributed by atoms with van der Waals surface area (Å²) in [5.41, 5.74) is -0.356. The number of benzene rings is 1. The Bertz CT molecular complexity index is 505. The van der Waals surface area contributed by atoms with E-state index in [4.69, 9.17) is 11.6 Å². The number of carboxylic acid groups (broad SMARTS) is 1. The molecule has 0 heterocycles. The summed E-state index contributed by atoms with van der Waals surface area (Å²) in [7, 11) is 0. The zero-order valence-corrected chi connectivity index (χ0v) is 10.6. The van der Waals surface area contributed by atoms with Crippen molar-refractivity contribution in [1.29, 1.82) is 0 Å². The smallest absolute Gasteiger partial charge is 0.309 e. The molecule has 1 aromatic rings. The molecule has 2 aliphatic carbocycles. The van der Waals surface area contributed by atoms with Crippen LogP contribution in [0.5, 0.6) is 0 Å². The van der Waals surface area contributed by atoms with E-state index in [0.717, 1.165) is 6.42 Å². The molecule has 1 aromatic carbocycles. The molecule has 18 heavy (non-hydrogen) atoms. The minimum absolute atomic E-state index is 0.0659. The number of halogens is 2. The summed E-state index contributed by atoms with van der Waals surface area (Å²) < 4.78 is 13.9. The topological polar surface area (TPSA) is 37.3 Å². The fourth-order valence-corrected chi connectivity index (χ4v) is 3.54. The predicted molar refractivity (Wildman–Crippen MR) is 66.0 cm³/mol. The van der Waals surface area contributed by atoms with Gasteiger partial charge in [-0.05, 0) is 49.1 Å². The number of carboxylic acids is 1. The van der Waals surface area contributed by atoms with Gasteiger partial charge in [0.15, 0.2) is 0 Å². The Morgan fingerprint density at radius 1 is 1.44 bits per heavy atom. The van der Waals surface area contributed by atoms with Gasteiger partial charge >= 0.3 is 5.97 Å². The first-order valence-electron chi connectivity index (χ1n) is 6.18. The summed E-state index contributed by atoms with van der Waals surface area (Å²) in [6, 6.07) is 4.79. The Kier molecular flexibility index (Phi) is 2.63. The summed E-state index contributed by atoms with van der Waals surface area (Å²) >= 11 is 5.74. The van der Waals surface area contributed by atoms with Gasteiger partial charge in [0, 0.05) is 0 Å². The van der Waals surface area contributed by atoms with Crippen LogP contribution >= 0.6 is 11.6 Å². The second-order valence-electron chi connectivity index (χ2n) is 5.64. The molecule has 2 atom stereocenters. The van der Waals surface area contributed by atoms with Crippen molar-refractivity contribution in [3.8, 4) is 0 Å². The van der Waals surface area contributed by atoms with Crippen molar-refractivity contribution < 1.29 is 14.3 Å². The van der Waals surface area contributed by atoms with Crippen molar-refractivity contribution in [2.24, 2.45) is 17.3 Å². The van der Waals surface area contributed by atoms with Crippen LogP contribution in [0.3, 0.4) is 0 Å². The summed E-state index contributed by atoms with van der Waals surface area (Å²) in [6.45, 7) is 0. The van der Waals surface area contributed by atoms with Crippen molar-refractivity contribution in [2.75, 3.05) is 0 Å². The third-order valence-corrected chi connectivity index (χ3v) is 4.68. The first-order chi connectivity index (χ1) is 8.52. The van der Waals surface area contributed by atoms with Crippen LogP contribution in [0.2, 0.25) is 5.02 Å². The van der Waals surface area contributed by atoms with Gasteiger partial charge in [-0.3, -0.25) is 4.79 Å². The fraction of sp³-hybridized carbons (Fsp3) is 0.500. The lowest BCUT2D eigenvalue weighted by Gasteiger charge is -2.26. The molecule has 3 rings (SSSR count). The van der Waals surface area contributed by atoms with Gasteiger partial charge in [0.1, 0.15) is 5.82 Å². The number of fused-ring (bicyclic) bond motifs is 1. The summed E-state index contributed by atoms with van der Waals surface area (Å²) in [5, 5.41) is 9.53. The first-order valence-corrected chi connectivity index (χ1v) is 6.56. The minimum atomic E-state index is -0.797. The third-order valence-electron chi connectivity index (χ3n) is 4.39. The number of aliphatic carboxylic acids is 1. The van der Waals surface area contributed by atoms with Gasteiger partial charge in [0.05, 0.1) is 10.4 Å². The Balaban J connectivity index is 1.89. The van der Waals surface area contributed by atoms with Crippen molar-refractivity contribution in [3.63, 3.8) is 0 Å². The highest BCUT2D eigenvalue weighted by Crippen LogP contribution is 2.61. The Morgan fingerprint density at radius 3 is 2.72 bits per heavy atom. The number of hydrogen-bond donors (Lipinski definition) is 1. The predicted octanol–water partition coefficient (Wildman–Crippen LogP) is 3.52. The molecule has 2 fully saturated rings. The molecular formula is C14H14ClFO2. The molecule has 2 unspecified atom stereocenters. The maximum absolute atomic E-state index is 13.9. The van der Waals surface area contributed by atoms with Crippen LogP contribution in [-0.4, -0.2) is 11.1 Å². The van der Waals surface area contributed by atoms with Crippen molar-refractivity contribution in [2.45, 2.75) is 25.7 Å². The summed E-state index contributed by atoms with van der Waals surface area (Å²) in [5.74, 6) is -0.180. The molecule has 2 aliphatic rings. The maximum Gasteiger partial charge on any atom is 0.309 e. The van der Waals surface area contributed by atoms with Crippen LogP contribution in [0.1, 0.15) is 24.8 Å². The first kappa shape index (κ1) is 12.0. The molecule has 0 aliphatic heterocycles. The van der Waals surface area contributed by atoms with E-state index in [-0.39, 0.29) is 11.4 Å². The van der Waals surface area contributed by atoms with Gasteiger partial charge in [-0.1, -0.05) is 23.7 Å². The number of hydrogen-bond acceptors (Lipinski definition) is 1. The molecule has 2 nitrogen and oxygen atoms in total. The van der Waals surface area contributed by atoms with Gasteiger partial charge < -0.3 is 5.11 Å². The molecule has 2 saturated carbocycles. The monoisotopic (exact) mass is 268 g/mol. The lowest BCUT2D eigenvalue weighted by atomic mass is 9.77. The van der Waals surface area contributed by atoms with E-state index in [9.17, 15) is 14.3 Å². The Morgan fingerprint density at radius 2 is 2.11 bits per heavy atom. The molecule has 0 bridgehead atoms. The quantitative estimate of drug-likeness (QED) is 0.911. The highest BCUT2D eigenvalue weighted by Gasteiger charge is 2.57. The molecule has 0 radical (unpaired) electrons. The van der Waals surface area contributed by atoms with E-state index in [1.165, 1.54) is 6.07 Å². The second kappa shape index (κ2) is 3.95. The van der Waals surface area contributed by atoms with Gasteiger partial charge in [-0.25, -0.2) is 4.39 Å². The highest BCUT2D eigenvalue weighted by atomic mass is 35.5. The molecule has 0 aromatic heterocycles. The Hall–Kier alpha value is -1.09. The summed E-state index contributed by atoms with van der Waals surface area (Å²) in [6.07, 6.45) is 2.76. The largest absolute Gasteiger partial charge is 0.481 e. The molecular weight excluding hydrogens is 255 g/mol. The molecule has 0 saturated heterocycles. The summed E-state index contributed by atoms with van der Waals surface area (Å²) in [4.78, 5) is 11.5. The third kappa shape index (κ3) is 1.81. The standard InChI is InChI=1S/C14H14ClFO2/c15-11-3-1-2-8(12(11)16)5-14(13(17)18)6-9-4-10(9)7-14/h1-3,9-10H,4-7H2,(H,17,18). The number of rotatable bonds is 3. The lowest BCUT2D eigenvalue weighted by Crippen LogP contribution is -2.32. The number of carbonyl (C=O) groups is 1. The van der Waals surface area contributed by atoms with Crippen molar-refractivity contribution in [1.82, 2.24) is 0 Å². The van der Waals surface area contributed by atoms with Crippen molar-refractivity contribution >= 4 is 17.6 Å². The molecule has 0 spiro atoms. The van der Waals surface area contributed by atoms with Crippen LogP contribution in [0, 0.1) is 23.1 Å². The van der Waals surface area contributed by atoms with Crippen molar-refractivity contribution in [3.05, 3.63) is 34.6 Å². The van der Waals surface area contributed by atoms with Crippen LogP contribution < -0.4 is 0 Å². The van der Waals surface area contributed by atoms with E-state index in [0.29, 0.717) is 30.2 Å². The molecule has 0 amide bonds. The van der Waals surface area contributed by atoms with Gasteiger partial charge in [0.25, 0.3) is 0 Å². The van der Waals surface area contributed by atoms with E-state index in [1.54, 1.807) is 12.1 Å². The van der Waals surface area contributed by atoms with Crippen LogP contribution in [0.4, 0.5) is 4.39 Å². The minimum Gasteiger partial charge on any atom is -0.481 e. The van der Waals surface area contributed by atoms with Gasteiger partial charge in [-0.15, -0.1) is 0 Å². The second-order valence-corrected chi connectivity index (χ2v) is 6.05. The SMILES string of the molecule is O=C(O)C1(Cc2cccc(Cl)c2F)CC2CC2C1. The van der Waals surface area contributed by atoms with Crippen LogP contribution in [-0.2, 0) is 11.2 Å². The average molecular weight is 269 g/mol. The maximum atomic E-state index is 13.9. The molecule has 1 N–H and O–H groups in total. The fourth-order valence-electron chi connectivity index (χ4n) is 3.34. The zero-order chi connectivity index (χ0) is 12.9. The van der Waals surface area contributed by atoms with E-state index in [2.05, 4.69) is 0 Å². The normalized spacial score (nSPS) is 33.2. The lowest BCUT2D eigenvalue weighted by molar-refractivity contribution is -0.149. The molecule has 4 heteroatoms. The van der Waals surface area contributed by atoms with Gasteiger partial charge in [0.2, 0.25) is 0 Å². The van der Waals surface area contributed by atoms with E-state index >= 15 is 0 Å². The highest BCUT2D eigenvalue weighted by molar-refractivity contribution is 6.30. The molecule has 96 valence electrons. The van der Waals surface area contributed by atoms with E-state index in [1.807, 2.05) is 0 Å². The average Bonchev–Trinajstić information content (AvgIpc) is 2.93. The Labute approximate surface area is 110 Å². The van der Waals surface area contributed by atoms with Gasteiger partial charge in [-0.2, -0.15) is 0 Å².